The summed E-state index contributed by atoms with van der Waals surface area (Å²) >= 11 is 8.93. The zero-order chi connectivity index (χ0) is 18.2. The minimum absolute atomic E-state index is 0.275. The number of imidazole rings is 1. The Bertz CT molecular complexity index is 1040. The van der Waals surface area contributed by atoms with Crippen LogP contribution in [0.3, 0.4) is 0 Å². The molecule has 11 heteroatoms. The third-order valence-corrected chi connectivity index (χ3v) is 6.52. The van der Waals surface area contributed by atoms with Crippen LogP contribution in [0.25, 0.3) is 16.2 Å². The number of hydrogen-bond acceptors (Lipinski definition) is 8. The lowest BCUT2D eigenvalue weighted by molar-refractivity contribution is 0.0631. The summed E-state index contributed by atoms with van der Waals surface area (Å²) in [5.74, 6) is 0. The Hall–Kier alpha value is -2.01. The molecule has 1 aromatic carbocycles. The molecule has 1 saturated heterocycles. The fraction of sp³-hybridized carbons (Fsp3) is 0.312. The van der Waals surface area contributed by atoms with Gasteiger partial charge in [-0.2, -0.15) is 0 Å². The van der Waals surface area contributed by atoms with E-state index >= 15 is 0 Å². The van der Waals surface area contributed by atoms with Gasteiger partial charge in [-0.15, -0.1) is 10.2 Å². The maximum atomic E-state index is 5.95. The van der Waals surface area contributed by atoms with Crippen molar-refractivity contribution in [2.45, 2.75) is 28.4 Å². The molecule has 4 aromatic rings. The van der Waals surface area contributed by atoms with Gasteiger partial charge in [0.15, 0.2) is 4.34 Å². The van der Waals surface area contributed by atoms with E-state index in [0.717, 1.165) is 51.8 Å². The molecule has 1 aliphatic heterocycles. The molecule has 0 unspecified atom stereocenters. The number of tetrazole rings is 1. The number of aromatic nitrogens is 7. The van der Waals surface area contributed by atoms with E-state index in [1.54, 1.807) is 4.52 Å². The van der Waals surface area contributed by atoms with Gasteiger partial charge in [-0.1, -0.05) is 35.1 Å². The van der Waals surface area contributed by atoms with E-state index in [2.05, 4.69) is 25.6 Å². The minimum atomic E-state index is 0.275. The highest BCUT2D eigenvalue weighted by atomic mass is 35.5. The van der Waals surface area contributed by atoms with Gasteiger partial charge in [0, 0.05) is 23.8 Å². The third kappa shape index (κ3) is 3.45. The second-order valence-electron chi connectivity index (χ2n) is 6.08. The summed E-state index contributed by atoms with van der Waals surface area (Å²) in [6.07, 6.45) is 3.76. The number of nitrogens with zero attached hydrogens (tertiary/aromatic N) is 7. The quantitative estimate of drug-likeness (QED) is 0.499. The lowest BCUT2D eigenvalue weighted by Crippen LogP contribution is -2.21. The molecule has 0 radical (unpaired) electrons. The van der Waals surface area contributed by atoms with Crippen molar-refractivity contribution in [1.29, 1.82) is 0 Å². The summed E-state index contributed by atoms with van der Waals surface area (Å²) in [4.78, 5) is 5.49. The minimum Gasteiger partial charge on any atom is -0.381 e. The summed E-state index contributed by atoms with van der Waals surface area (Å²) in [6, 6.07) is 7.89. The molecule has 0 aliphatic carbocycles. The van der Waals surface area contributed by atoms with E-state index in [1.807, 2.05) is 35.1 Å². The highest BCUT2D eigenvalue weighted by molar-refractivity contribution is 8.01. The molecule has 138 valence electrons. The van der Waals surface area contributed by atoms with E-state index in [9.17, 15) is 0 Å². The van der Waals surface area contributed by atoms with Crippen LogP contribution in [0.15, 0.2) is 40.0 Å². The van der Waals surface area contributed by atoms with Crippen molar-refractivity contribution in [2.24, 2.45) is 0 Å². The van der Waals surface area contributed by atoms with Crippen molar-refractivity contribution in [3.63, 3.8) is 0 Å². The van der Waals surface area contributed by atoms with Crippen LogP contribution in [-0.4, -0.2) is 48.0 Å². The summed E-state index contributed by atoms with van der Waals surface area (Å²) in [5.41, 5.74) is 1.88. The Kier molecular flexibility index (Phi) is 4.56. The van der Waals surface area contributed by atoms with Gasteiger partial charge in [0.05, 0.1) is 17.9 Å². The van der Waals surface area contributed by atoms with Crippen LogP contribution in [0.2, 0.25) is 5.02 Å². The zero-order valence-corrected chi connectivity index (χ0v) is 16.4. The van der Waals surface area contributed by atoms with Crippen LogP contribution in [0, 0.1) is 0 Å². The van der Waals surface area contributed by atoms with Crippen molar-refractivity contribution in [1.82, 2.24) is 34.8 Å². The average Bonchev–Trinajstić information content (AvgIpc) is 3.38. The average molecular weight is 420 g/mol. The predicted molar refractivity (Wildman–Crippen MR) is 102 cm³/mol. The molecule has 0 atom stereocenters. The first-order chi connectivity index (χ1) is 13.3. The van der Waals surface area contributed by atoms with Crippen molar-refractivity contribution in [3.05, 3.63) is 35.5 Å². The van der Waals surface area contributed by atoms with Crippen LogP contribution >= 0.6 is 34.7 Å². The highest BCUT2D eigenvalue weighted by Gasteiger charge is 2.22. The van der Waals surface area contributed by atoms with E-state index in [0.29, 0.717) is 5.02 Å². The summed E-state index contributed by atoms with van der Waals surface area (Å²) in [6.45, 7) is 1.49. The third-order valence-electron chi connectivity index (χ3n) is 4.34. The molecule has 0 spiro atoms. The van der Waals surface area contributed by atoms with Crippen LogP contribution in [-0.2, 0) is 4.74 Å². The Morgan fingerprint density at radius 3 is 2.78 bits per heavy atom. The number of rotatable bonds is 4. The molecule has 0 bridgehead atoms. The normalized spacial score (nSPS) is 15.6. The topological polar surface area (TPSA) is 83.0 Å². The number of halogens is 1. The van der Waals surface area contributed by atoms with E-state index < -0.39 is 0 Å². The number of benzene rings is 1. The Balaban J connectivity index is 1.38. The van der Waals surface area contributed by atoms with Gasteiger partial charge in [0.1, 0.15) is 0 Å². The standard InChI is InChI=1S/C16H14ClN7OS2/c17-11-3-1-10(2-4-11)13-9-23-14(18-13)26-16(20-23)27-15-19-21-22-24(15)12-5-7-25-8-6-12/h1-4,9,12H,5-8H2. The summed E-state index contributed by atoms with van der Waals surface area (Å²) < 4.78 is 9.95. The highest BCUT2D eigenvalue weighted by Crippen LogP contribution is 2.33. The Morgan fingerprint density at radius 1 is 1.19 bits per heavy atom. The smallest absolute Gasteiger partial charge is 0.216 e. The van der Waals surface area contributed by atoms with Gasteiger partial charge >= 0.3 is 0 Å². The Labute approximate surface area is 167 Å². The van der Waals surface area contributed by atoms with Gasteiger partial charge in [0.25, 0.3) is 0 Å². The summed E-state index contributed by atoms with van der Waals surface area (Å²) in [7, 11) is 0. The first kappa shape index (κ1) is 17.1. The molecule has 27 heavy (non-hydrogen) atoms. The van der Waals surface area contributed by atoms with Crippen molar-refractivity contribution in [2.75, 3.05) is 13.2 Å². The summed E-state index contributed by atoms with van der Waals surface area (Å²) in [5, 5.41) is 18.2. The monoisotopic (exact) mass is 419 g/mol. The number of hydrogen-bond donors (Lipinski definition) is 0. The maximum Gasteiger partial charge on any atom is 0.216 e. The molecule has 3 aromatic heterocycles. The van der Waals surface area contributed by atoms with Crippen LogP contribution in [0.5, 0.6) is 0 Å². The molecule has 4 heterocycles. The van der Waals surface area contributed by atoms with Gasteiger partial charge in [-0.3, -0.25) is 0 Å². The molecule has 1 aliphatic rings. The lowest BCUT2D eigenvalue weighted by atomic mass is 10.1. The second kappa shape index (κ2) is 7.19. The first-order valence-electron chi connectivity index (χ1n) is 8.42. The molecule has 1 fully saturated rings. The van der Waals surface area contributed by atoms with E-state index in [-0.39, 0.29) is 6.04 Å². The largest absolute Gasteiger partial charge is 0.381 e. The van der Waals surface area contributed by atoms with Gasteiger partial charge < -0.3 is 4.74 Å². The molecule has 5 rings (SSSR count). The number of ether oxygens (including phenoxy) is 1. The molecule has 8 nitrogen and oxygen atoms in total. The Morgan fingerprint density at radius 2 is 2.00 bits per heavy atom. The van der Waals surface area contributed by atoms with Crippen LogP contribution < -0.4 is 0 Å². The van der Waals surface area contributed by atoms with Crippen molar-refractivity contribution >= 4 is 39.7 Å². The SMILES string of the molecule is Clc1ccc(-c2cn3nc(Sc4nnnn4C4CCOCC4)sc3n2)cc1. The molecule has 0 N–H and O–H groups in total. The molecule has 0 amide bonds. The molecular weight excluding hydrogens is 406 g/mol. The maximum absolute atomic E-state index is 5.95. The van der Waals surface area contributed by atoms with Gasteiger partial charge in [-0.05, 0) is 47.2 Å². The fourth-order valence-corrected chi connectivity index (χ4v) is 4.97. The van der Waals surface area contributed by atoms with Crippen molar-refractivity contribution < 1.29 is 4.74 Å². The van der Waals surface area contributed by atoms with E-state index in [1.165, 1.54) is 23.1 Å². The van der Waals surface area contributed by atoms with Crippen molar-refractivity contribution in [3.8, 4) is 11.3 Å². The second-order valence-corrected chi connectivity index (χ2v) is 8.69. The number of fused-ring (bicyclic) bond motifs is 1. The molecular formula is C16H14ClN7OS2. The van der Waals surface area contributed by atoms with E-state index in [4.69, 9.17) is 16.3 Å². The predicted octanol–water partition coefficient (Wildman–Crippen LogP) is 3.60. The van der Waals surface area contributed by atoms with Gasteiger partial charge in [-0.25, -0.2) is 14.2 Å². The lowest BCUT2D eigenvalue weighted by Gasteiger charge is -2.22. The van der Waals surface area contributed by atoms with Crippen LogP contribution in [0.4, 0.5) is 0 Å². The van der Waals surface area contributed by atoms with Crippen LogP contribution in [0.1, 0.15) is 18.9 Å². The van der Waals surface area contributed by atoms with Gasteiger partial charge in [0.2, 0.25) is 10.1 Å². The first-order valence-corrected chi connectivity index (χ1v) is 10.4. The molecule has 0 saturated carbocycles. The fourth-order valence-electron chi connectivity index (χ4n) is 2.97. The zero-order valence-electron chi connectivity index (χ0n) is 14.0.